The van der Waals surface area contributed by atoms with Crippen LogP contribution in [-0.2, 0) is 4.79 Å². The summed E-state index contributed by atoms with van der Waals surface area (Å²) in [7, 11) is 1.44. The second-order valence-corrected chi connectivity index (χ2v) is 3.56. The molecule has 2 aromatic rings. The highest BCUT2D eigenvalue weighted by Gasteiger charge is 2.25. The number of aromatic nitrogens is 2. The van der Waals surface area contributed by atoms with E-state index < -0.39 is 17.8 Å². The minimum Gasteiger partial charge on any atom is -0.480 e. The number of imidazole rings is 1. The third-order valence-corrected chi connectivity index (χ3v) is 2.50. The van der Waals surface area contributed by atoms with E-state index in [-0.39, 0.29) is 0 Å². The molecule has 6 nitrogen and oxygen atoms in total. The molecule has 0 bridgehead atoms. The van der Waals surface area contributed by atoms with E-state index in [1.807, 2.05) is 0 Å². The number of likely N-dealkylation sites (N-methyl/N-ethyl adjacent to an activating group) is 1. The molecule has 1 aromatic heterocycles. The van der Waals surface area contributed by atoms with Crippen LogP contribution in [0.4, 0.5) is 0 Å². The van der Waals surface area contributed by atoms with E-state index in [0.717, 1.165) is 5.52 Å². The van der Waals surface area contributed by atoms with Crippen molar-refractivity contribution in [3.8, 4) is 0 Å². The molecule has 0 radical (unpaired) electrons. The number of fused-ring (bicyclic) bond motifs is 1. The van der Waals surface area contributed by atoms with Crippen molar-refractivity contribution in [3.05, 3.63) is 30.1 Å². The molecule has 0 aliphatic carbocycles. The van der Waals surface area contributed by atoms with Gasteiger partial charge in [-0.15, -0.1) is 0 Å². The number of Topliss-reactive ketones (excluding diaryl/α,β-unsaturated/α-hetero) is 1. The zero-order chi connectivity index (χ0) is 12.4. The van der Waals surface area contributed by atoms with Gasteiger partial charge in [0, 0.05) is 5.56 Å². The minimum atomic E-state index is -1.23. The number of hydrogen-bond donors (Lipinski definition) is 3. The number of rotatable bonds is 4. The number of H-pyrrole nitrogens is 1. The van der Waals surface area contributed by atoms with Gasteiger partial charge in [-0.2, -0.15) is 0 Å². The number of ketones is 1. The van der Waals surface area contributed by atoms with E-state index >= 15 is 0 Å². The van der Waals surface area contributed by atoms with Crippen LogP contribution in [-0.4, -0.2) is 39.9 Å². The lowest BCUT2D eigenvalue weighted by Crippen LogP contribution is -2.41. The Hall–Kier alpha value is -2.21. The molecule has 0 fully saturated rings. The molecule has 6 heteroatoms. The molecule has 1 heterocycles. The molecule has 0 saturated heterocycles. The van der Waals surface area contributed by atoms with Crippen LogP contribution in [0.1, 0.15) is 10.4 Å². The van der Waals surface area contributed by atoms with Gasteiger partial charge in [-0.1, -0.05) is 0 Å². The maximum atomic E-state index is 11.9. The monoisotopic (exact) mass is 233 g/mol. The highest BCUT2D eigenvalue weighted by Crippen LogP contribution is 2.13. The molecule has 0 aliphatic heterocycles. The van der Waals surface area contributed by atoms with Gasteiger partial charge in [0.05, 0.1) is 17.4 Å². The Balaban J connectivity index is 2.38. The number of benzene rings is 1. The maximum absolute atomic E-state index is 11.9. The third kappa shape index (κ3) is 2.02. The number of carboxylic acid groups (broad SMARTS) is 1. The molecule has 0 spiro atoms. The van der Waals surface area contributed by atoms with Crippen LogP contribution in [0.5, 0.6) is 0 Å². The van der Waals surface area contributed by atoms with Gasteiger partial charge in [-0.25, -0.2) is 4.98 Å². The molecule has 2 rings (SSSR count). The summed E-state index contributed by atoms with van der Waals surface area (Å²) < 4.78 is 0. The zero-order valence-corrected chi connectivity index (χ0v) is 9.10. The molecule has 1 unspecified atom stereocenters. The smallest absolute Gasteiger partial charge is 0.328 e. The first kappa shape index (κ1) is 11.3. The van der Waals surface area contributed by atoms with Gasteiger partial charge in [0.15, 0.2) is 11.8 Å². The van der Waals surface area contributed by atoms with Crippen LogP contribution in [0.2, 0.25) is 0 Å². The van der Waals surface area contributed by atoms with Crippen LogP contribution in [0.25, 0.3) is 11.0 Å². The Bertz CT molecular complexity index is 576. The van der Waals surface area contributed by atoms with Crippen molar-refractivity contribution < 1.29 is 14.7 Å². The lowest BCUT2D eigenvalue weighted by Gasteiger charge is -2.09. The van der Waals surface area contributed by atoms with Crippen molar-refractivity contribution >= 4 is 22.8 Å². The molecular formula is C11H11N3O3. The van der Waals surface area contributed by atoms with Gasteiger partial charge in [-0.3, -0.25) is 9.59 Å². The van der Waals surface area contributed by atoms with Gasteiger partial charge in [0.1, 0.15) is 0 Å². The Morgan fingerprint density at radius 2 is 2.24 bits per heavy atom. The second kappa shape index (κ2) is 4.34. The average molecular weight is 233 g/mol. The summed E-state index contributed by atoms with van der Waals surface area (Å²) >= 11 is 0. The van der Waals surface area contributed by atoms with Gasteiger partial charge in [0.2, 0.25) is 0 Å². The minimum absolute atomic E-state index is 0.337. The van der Waals surface area contributed by atoms with Gasteiger partial charge in [0.25, 0.3) is 0 Å². The number of carbonyl (C=O) groups excluding carboxylic acids is 1. The molecule has 0 amide bonds. The van der Waals surface area contributed by atoms with Crippen molar-refractivity contribution in [1.29, 1.82) is 0 Å². The summed E-state index contributed by atoms with van der Waals surface area (Å²) in [6.07, 6.45) is 1.52. The van der Waals surface area contributed by atoms with Gasteiger partial charge < -0.3 is 15.4 Å². The fraction of sp³-hybridized carbons (Fsp3) is 0.182. The van der Waals surface area contributed by atoms with Crippen LogP contribution >= 0.6 is 0 Å². The lowest BCUT2D eigenvalue weighted by molar-refractivity contribution is -0.137. The lowest BCUT2D eigenvalue weighted by atomic mass is 10.0. The SMILES string of the molecule is CNC(C(=O)O)C(=O)c1ccc2nc[nH]c2c1. The van der Waals surface area contributed by atoms with Crippen LogP contribution in [0.3, 0.4) is 0 Å². The van der Waals surface area contributed by atoms with E-state index in [9.17, 15) is 9.59 Å². The molecule has 1 aromatic carbocycles. The van der Waals surface area contributed by atoms with E-state index in [1.54, 1.807) is 18.2 Å². The number of nitrogens with one attached hydrogen (secondary N) is 2. The molecule has 0 aliphatic rings. The Morgan fingerprint density at radius 1 is 1.47 bits per heavy atom. The van der Waals surface area contributed by atoms with Crippen LogP contribution in [0.15, 0.2) is 24.5 Å². The molecule has 17 heavy (non-hydrogen) atoms. The number of aliphatic carboxylic acids is 1. The van der Waals surface area contributed by atoms with Gasteiger partial charge in [-0.05, 0) is 25.2 Å². The molecule has 0 saturated carbocycles. The van der Waals surface area contributed by atoms with Crippen molar-refractivity contribution in [2.45, 2.75) is 6.04 Å². The quantitative estimate of drug-likeness (QED) is 0.525. The predicted molar refractivity (Wildman–Crippen MR) is 60.9 cm³/mol. The van der Waals surface area contributed by atoms with E-state index in [0.29, 0.717) is 11.1 Å². The summed E-state index contributed by atoms with van der Waals surface area (Å²) in [6.45, 7) is 0. The summed E-state index contributed by atoms with van der Waals surface area (Å²) in [5, 5.41) is 11.3. The number of nitrogens with zero attached hydrogens (tertiary/aromatic N) is 1. The number of carboxylic acids is 1. The summed E-state index contributed by atoms with van der Waals surface area (Å²) in [4.78, 5) is 29.7. The Morgan fingerprint density at radius 3 is 2.88 bits per heavy atom. The highest BCUT2D eigenvalue weighted by molar-refractivity contribution is 6.12. The van der Waals surface area contributed by atoms with Crippen molar-refractivity contribution in [2.24, 2.45) is 0 Å². The van der Waals surface area contributed by atoms with E-state index in [2.05, 4.69) is 15.3 Å². The first-order valence-electron chi connectivity index (χ1n) is 5.01. The Kier molecular flexibility index (Phi) is 2.88. The molecule has 3 N–H and O–H groups in total. The Labute approximate surface area is 96.7 Å². The maximum Gasteiger partial charge on any atom is 0.328 e. The first-order chi connectivity index (χ1) is 8.13. The topological polar surface area (TPSA) is 95.1 Å². The number of carbonyl (C=O) groups is 2. The molecule has 1 atom stereocenters. The largest absolute Gasteiger partial charge is 0.480 e. The van der Waals surface area contributed by atoms with Crippen molar-refractivity contribution in [3.63, 3.8) is 0 Å². The predicted octanol–water partition coefficient (Wildman–Crippen LogP) is 0.418. The van der Waals surface area contributed by atoms with Crippen molar-refractivity contribution in [1.82, 2.24) is 15.3 Å². The molecular weight excluding hydrogens is 222 g/mol. The fourth-order valence-electron chi connectivity index (χ4n) is 1.62. The average Bonchev–Trinajstić information content (AvgIpc) is 2.75. The summed E-state index contributed by atoms with van der Waals surface area (Å²) in [5.74, 6) is -1.67. The normalized spacial score (nSPS) is 12.5. The van der Waals surface area contributed by atoms with E-state index in [4.69, 9.17) is 5.11 Å². The van der Waals surface area contributed by atoms with Crippen LogP contribution in [0, 0.1) is 0 Å². The molecule has 88 valence electrons. The van der Waals surface area contributed by atoms with Crippen molar-refractivity contribution in [2.75, 3.05) is 7.05 Å². The number of hydrogen-bond acceptors (Lipinski definition) is 4. The summed E-state index contributed by atoms with van der Waals surface area (Å²) in [6, 6.07) is 3.61. The zero-order valence-electron chi connectivity index (χ0n) is 9.10. The number of aromatic amines is 1. The van der Waals surface area contributed by atoms with E-state index in [1.165, 1.54) is 13.4 Å². The highest BCUT2D eigenvalue weighted by atomic mass is 16.4. The fourth-order valence-corrected chi connectivity index (χ4v) is 1.62. The summed E-state index contributed by atoms with van der Waals surface area (Å²) in [5.41, 5.74) is 1.78. The van der Waals surface area contributed by atoms with Crippen LogP contribution < -0.4 is 5.32 Å². The first-order valence-corrected chi connectivity index (χ1v) is 5.01. The second-order valence-electron chi connectivity index (χ2n) is 3.56. The standard InChI is InChI=1S/C11H11N3O3/c1-12-9(11(16)17)10(15)6-2-3-7-8(4-6)14-5-13-7/h2-5,9,12H,1H3,(H,13,14)(H,16,17). The third-order valence-electron chi connectivity index (χ3n) is 2.50. The van der Waals surface area contributed by atoms with Gasteiger partial charge >= 0.3 is 5.97 Å².